The number of carbonyl (C=O) groups is 3. The molecule has 8 nitrogen and oxygen atoms in total. The van der Waals surface area contributed by atoms with Crippen molar-refractivity contribution >= 4 is 24.0 Å². The van der Waals surface area contributed by atoms with E-state index >= 15 is 0 Å². The van der Waals surface area contributed by atoms with Crippen molar-refractivity contribution < 1.29 is 19.6 Å². The number of rotatable bonds is 11. The Morgan fingerprint density at radius 3 is 2.26 bits per heavy atom. The number of hydroxylamine groups is 2. The average molecular weight is 469 g/mol. The second-order valence-corrected chi connectivity index (χ2v) is 9.87. The third kappa shape index (κ3) is 7.95. The van der Waals surface area contributed by atoms with Gasteiger partial charge in [0, 0.05) is 6.20 Å². The summed E-state index contributed by atoms with van der Waals surface area (Å²) in [4.78, 5) is 41.8. The Bertz CT molecular complexity index is 931. The number of aromatic nitrogens is 1. The first-order valence-corrected chi connectivity index (χ1v) is 11.5. The van der Waals surface area contributed by atoms with Crippen LogP contribution in [0.2, 0.25) is 0 Å². The number of nitrogens with zero attached hydrogens (tertiary/aromatic N) is 2. The van der Waals surface area contributed by atoms with E-state index in [0.717, 1.165) is 12.0 Å². The van der Waals surface area contributed by atoms with Crippen LogP contribution < -0.4 is 10.6 Å². The van der Waals surface area contributed by atoms with Crippen molar-refractivity contribution in [3.05, 3.63) is 60.3 Å². The first-order valence-electron chi connectivity index (χ1n) is 11.5. The fourth-order valence-corrected chi connectivity index (χ4v) is 3.90. The standard InChI is InChI=1S/C26H36N4O4/c1-18(15-20-11-7-6-8-12-20)16-21(19(2)30(34)17-31)24(32)29-23(26(3,4)5)25(33)28-22-13-9-10-14-27-22/h6-14,17-19,21,23,34H,15-16H2,1-5H3,(H,29,32)(H,27,28,33)/t18?,19-,21+,23+/m0/s1. The minimum absolute atomic E-state index is 0.0936. The Balaban J connectivity index is 2.21. The van der Waals surface area contributed by atoms with E-state index in [1.54, 1.807) is 31.3 Å². The molecule has 0 bridgehead atoms. The van der Waals surface area contributed by atoms with Crippen molar-refractivity contribution in [1.82, 2.24) is 15.4 Å². The molecule has 1 aromatic carbocycles. The number of hydrogen-bond acceptors (Lipinski definition) is 5. The minimum atomic E-state index is -0.857. The lowest BCUT2D eigenvalue weighted by atomic mass is 9.83. The number of anilines is 1. The van der Waals surface area contributed by atoms with Crippen molar-refractivity contribution in [1.29, 1.82) is 0 Å². The average Bonchev–Trinajstić information content (AvgIpc) is 2.80. The highest BCUT2D eigenvalue weighted by molar-refractivity contribution is 5.97. The maximum Gasteiger partial charge on any atom is 0.248 e. The van der Waals surface area contributed by atoms with E-state index in [1.807, 2.05) is 58.0 Å². The minimum Gasteiger partial charge on any atom is -0.343 e. The summed E-state index contributed by atoms with van der Waals surface area (Å²) in [6, 6.07) is 13.5. The second kappa shape index (κ2) is 12.3. The highest BCUT2D eigenvalue weighted by Gasteiger charge is 2.37. The van der Waals surface area contributed by atoms with Crippen molar-refractivity contribution in [2.24, 2.45) is 17.3 Å². The molecule has 2 aromatic rings. The number of benzene rings is 1. The Kier molecular flexibility index (Phi) is 9.74. The first-order chi connectivity index (χ1) is 16.0. The molecule has 0 radical (unpaired) electrons. The lowest BCUT2D eigenvalue weighted by Gasteiger charge is -2.34. The van der Waals surface area contributed by atoms with Crippen LogP contribution in [0.15, 0.2) is 54.7 Å². The van der Waals surface area contributed by atoms with Crippen molar-refractivity contribution in [2.45, 2.75) is 59.5 Å². The maximum absolute atomic E-state index is 13.4. The molecule has 1 aromatic heterocycles. The molecule has 0 saturated heterocycles. The van der Waals surface area contributed by atoms with E-state index in [-0.39, 0.29) is 11.8 Å². The number of hydrogen-bond donors (Lipinski definition) is 3. The molecule has 184 valence electrons. The summed E-state index contributed by atoms with van der Waals surface area (Å²) in [5.74, 6) is -1.03. The van der Waals surface area contributed by atoms with E-state index in [0.29, 0.717) is 23.7 Å². The molecule has 0 saturated carbocycles. The van der Waals surface area contributed by atoms with Gasteiger partial charge in [0.2, 0.25) is 18.2 Å². The summed E-state index contributed by atoms with van der Waals surface area (Å²) in [7, 11) is 0. The fraction of sp³-hybridized carbons (Fsp3) is 0.462. The van der Waals surface area contributed by atoms with Crippen LogP contribution in [-0.2, 0) is 20.8 Å². The van der Waals surface area contributed by atoms with Gasteiger partial charge in [0.1, 0.15) is 11.9 Å². The van der Waals surface area contributed by atoms with Gasteiger partial charge in [0.15, 0.2) is 0 Å². The van der Waals surface area contributed by atoms with Crippen LogP contribution in [0.5, 0.6) is 0 Å². The van der Waals surface area contributed by atoms with Gasteiger partial charge < -0.3 is 10.6 Å². The Morgan fingerprint density at radius 2 is 1.71 bits per heavy atom. The highest BCUT2D eigenvalue weighted by atomic mass is 16.5. The van der Waals surface area contributed by atoms with Crippen LogP contribution in [0.25, 0.3) is 0 Å². The van der Waals surface area contributed by atoms with E-state index < -0.39 is 29.3 Å². The topological polar surface area (TPSA) is 112 Å². The third-order valence-corrected chi connectivity index (χ3v) is 5.86. The van der Waals surface area contributed by atoms with Gasteiger partial charge in [-0.25, -0.2) is 10.0 Å². The summed E-state index contributed by atoms with van der Waals surface area (Å²) in [6.45, 7) is 9.22. The molecule has 0 aliphatic carbocycles. The van der Waals surface area contributed by atoms with Crippen LogP contribution in [0, 0.1) is 17.3 Å². The van der Waals surface area contributed by atoms with E-state index in [4.69, 9.17) is 0 Å². The summed E-state index contributed by atoms with van der Waals surface area (Å²) in [5.41, 5.74) is 0.544. The smallest absolute Gasteiger partial charge is 0.248 e. The second-order valence-electron chi connectivity index (χ2n) is 9.87. The Morgan fingerprint density at radius 1 is 1.06 bits per heavy atom. The summed E-state index contributed by atoms with van der Waals surface area (Å²) >= 11 is 0. The molecule has 0 spiro atoms. The number of pyridine rings is 1. The molecule has 34 heavy (non-hydrogen) atoms. The molecular formula is C26H36N4O4. The number of nitrogens with one attached hydrogen (secondary N) is 2. The highest BCUT2D eigenvalue weighted by Crippen LogP contribution is 2.25. The molecule has 3 amide bonds. The molecule has 3 N–H and O–H groups in total. The van der Waals surface area contributed by atoms with Gasteiger partial charge in [-0.15, -0.1) is 0 Å². The first kappa shape index (κ1) is 27.0. The quantitative estimate of drug-likeness (QED) is 0.265. The SMILES string of the molecule is CC(Cc1ccccc1)C[C@@H](C(=O)N[C@H](C(=O)Nc1ccccn1)C(C)(C)C)[C@H](C)N(O)C=O. The Labute approximate surface area is 201 Å². The van der Waals surface area contributed by atoms with Crippen LogP contribution in [0.1, 0.15) is 46.6 Å². The van der Waals surface area contributed by atoms with Crippen LogP contribution >= 0.6 is 0 Å². The molecule has 1 heterocycles. The molecule has 0 aliphatic heterocycles. The zero-order chi connectivity index (χ0) is 25.3. The number of carbonyl (C=O) groups excluding carboxylic acids is 3. The zero-order valence-electron chi connectivity index (χ0n) is 20.6. The van der Waals surface area contributed by atoms with Crippen molar-refractivity contribution in [3.63, 3.8) is 0 Å². The van der Waals surface area contributed by atoms with Gasteiger partial charge in [0.25, 0.3) is 0 Å². The van der Waals surface area contributed by atoms with Gasteiger partial charge in [0.05, 0.1) is 12.0 Å². The lowest BCUT2D eigenvalue weighted by molar-refractivity contribution is -0.167. The largest absolute Gasteiger partial charge is 0.343 e. The molecular weight excluding hydrogens is 432 g/mol. The number of amides is 3. The molecule has 0 aliphatic rings. The summed E-state index contributed by atoms with van der Waals surface area (Å²) in [5, 5.41) is 16.2. The van der Waals surface area contributed by atoms with Gasteiger partial charge in [-0.3, -0.25) is 19.6 Å². The molecule has 4 atom stereocenters. The molecule has 8 heteroatoms. The van der Waals surface area contributed by atoms with Crippen LogP contribution in [0.4, 0.5) is 5.82 Å². The van der Waals surface area contributed by atoms with Gasteiger partial charge >= 0.3 is 0 Å². The summed E-state index contributed by atoms with van der Waals surface area (Å²) in [6.07, 6.45) is 3.03. The molecule has 1 unspecified atom stereocenters. The maximum atomic E-state index is 13.4. The fourth-order valence-electron chi connectivity index (χ4n) is 3.90. The third-order valence-electron chi connectivity index (χ3n) is 5.86. The van der Waals surface area contributed by atoms with Crippen molar-refractivity contribution in [2.75, 3.05) is 5.32 Å². The van der Waals surface area contributed by atoms with Gasteiger partial charge in [-0.1, -0.05) is 64.1 Å². The molecule has 2 rings (SSSR count). The van der Waals surface area contributed by atoms with Gasteiger partial charge in [-0.05, 0) is 48.8 Å². The van der Waals surface area contributed by atoms with Crippen molar-refractivity contribution in [3.8, 4) is 0 Å². The van der Waals surface area contributed by atoms with E-state index in [1.165, 1.54) is 0 Å². The van der Waals surface area contributed by atoms with E-state index in [2.05, 4.69) is 15.6 Å². The predicted molar refractivity (Wildman–Crippen MR) is 131 cm³/mol. The van der Waals surface area contributed by atoms with Crippen LogP contribution in [-0.4, -0.2) is 45.6 Å². The predicted octanol–water partition coefficient (Wildman–Crippen LogP) is 3.67. The normalized spacial score (nSPS) is 14.9. The summed E-state index contributed by atoms with van der Waals surface area (Å²) < 4.78 is 0. The Hall–Kier alpha value is -3.26. The van der Waals surface area contributed by atoms with Gasteiger partial charge in [-0.2, -0.15) is 0 Å². The van der Waals surface area contributed by atoms with Crippen LogP contribution in [0.3, 0.4) is 0 Å². The zero-order valence-corrected chi connectivity index (χ0v) is 20.6. The monoisotopic (exact) mass is 468 g/mol. The molecule has 0 fully saturated rings. The lowest BCUT2D eigenvalue weighted by Crippen LogP contribution is -2.55. The van der Waals surface area contributed by atoms with E-state index in [9.17, 15) is 19.6 Å².